The quantitative estimate of drug-likeness (QED) is 0.845. The fourth-order valence-electron chi connectivity index (χ4n) is 2.35. The second-order valence-electron chi connectivity index (χ2n) is 5.31. The van der Waals surface area contributed by atoms with Gasteiger partial charge in [0.25, 0.3) is 5.91 Å². The van der Waals surface area contributed by atoms with Gasteiger partial charge in [-0.3, -0.25) is 9.69 Å². The van der Waals surface area contributed by atoms with E-state index in [2.05, 4.69) is 36.5 Å². The van der Waals surface area contributed by atoms with Gasteiger partial charge in [-0.2, -0.15) is 0 Å². The molecule has 1 fully saturated rings. The summed E-state index contributed by atoms with van der Waals surface area (Å²) in [4.78, 5) is 19.0. The number of benzene rings is 1. The highest BCUT2D eigenvalue weighted by atomic mass is 79.9. The number of thiazole rings is 1. The zero-order chi connectivity index (χ0) is 16.1. The maximum absolute atomic E-state index is 12.1. The fourth-order valence-corrected chi connectivity index (χ4v) is 3.34. The van der Waals surface area contributed by atoms with E-state index in [0.717, 1.165) is 48.0 Å². The number of halogens is 1. The van der Waals surface area contributed by atoms with Crippen LogP contribution in [0.1, 0.15) is 21.1 Å². The number of aromatic nitrogens is 1. The normalized spacial score (nSPS) is 15.5. The Morgan fingerprint density at radius 2 is 2.04 bits per heavy atom. The first-order valence-electron chi connectivity index (χ1n) is 7.48. The molecule has 3 rings (SSSR count). The van der Waals surface area contributed by atoms with Gasteiger partial charge in [-0.25, -0.2) is 4.98 Å². The summed E-state index contributed by atoms with van der Waals surface area (Å²) < 4.78 is 6.31. The van der Waals surface area contributed by atoms with Crippen molar-refractivity contribution < 1.29 is 9.53 Å². The number of carbonyl (C=O) groups is 1. The molecule has 122 valence electrons. The van der Waals surface area contributed by atoms with E-state index in [-0.39, 0.29) is 5.91 Å². The Hall–Kier alpha value is -1.28. The lowest BCUT2D eigenvalue weighted by Gasteiger charge is -2.25. The zero-order valence-corrected chi connectivity index (χ0v) is 15.0. The van der Waals surface area contributed by atoms with E-state index < -0.39 is 0 Å². The molecule has 0 unspecified atom stereocenters. The molecular weight excluding hydrogens is 378 g/mol. The van der Waals surface area contributed by atoms with Gasteiger partial charge in [0.05, 0.1) is 25.5 Å². The van der Waals surface area contributed by atoms with Crippen molar-refractivity contribution in [2.24, 2.45) is 0 Å². The molecule has 23 heavy (non-hydrogen) atoms. The van der Waals surface area contributed by atoms with Crippen LogP contribution in [0.5, 0.6) is 0 Å². The Morgan fingerprint density at radius 1 is 1.30 bits per heavy atom. The number of hydrogen-bond donors (Lipinski definition) is 1. The molecule has 2 aromatic rings. The highest BCUT2D eigenvalue weighted by molar-refractivity contribution is 9.10. The molecule has 0 saturated carbocycles. The highest BCUT2D eigenvalue weighted by Crippen LogP contribution is 2.14. The van der Waals surface area contributed by atoms with Gasteiger partial charge < -0.3 is 10.1 Å². The van der Waals surface area contributed by atoms with Gasteiger partial charge in [-0.1, -0.05) is 15.9 Å². The largest absolute Gasteiger partial charge is 0.379 e. The molecule has 0 spiro atoms. The van der Waals surface area contributed by atoms with Crippen LogP contribution in [0.2, 0.25) is 0 Å². The summed E-state index contributed by atoms with van der Waals surface area (Å²) in [7, 11) is 0. The average Bonchev–Trinajstić information content (AvgIpc) is 3.02. The molecule has 1 aliphatic heterocycles. The van der Waals surface area contributed by atoms with Crippen LogP contribution >= 0.6 is 27.3 Å². The van der Waals surface area contributed by atoms with Crippen molar-refractivity contribution in [3.63, 3.8) is 0 Å². The minimum Gasteiger partial charge on any atom is -0.379 e. The van der Waals surface area contributed by atoms with Crippen LogP contribution in [0.15, 0.2) is 34.1 Å². The van der Waals surface area contributed by atoms with E-state index in [1.807, 2.05) is 12.1 Å². The summed E-state index contributed by atoms with van der Waals surface area (Å²) in [5.74, 6) is -0.0811. The first-order chi connectivity index (χ1) is 11.2. The number of rotatable bonds is 5. The molecule has 1 aromatic heterocycles. The maximum atomic E-state index is 12.1. The number of nitrogens with one attached hydrogen (secondary N) is 1. The summed E-state index contributed by atoms with van der Waals surface area (Å²) >= 11 is 4.95. The Kier molecular flexibility index (Phi) is 5.77. The number of ether oxygens (including phenoxy) is 1. The van der Waals surface area contributed by atoms with Crippen LogP contribution in [-0.4, -0.2) is 42.1 Å². The van der Waals surface area contributed by atoms with Crippen LogP contribution < -0.4 is 5.32 Å². The third-order valence-corrected chi connectivity index (χ3v) is 5.02. The first-order valence-corrected chi connectivity index (χ1v) is 9.15. The van der Waals surface area contributed by atoms with Crippen molar-refractivity contribution in [1.82, 2.24) is 15.2 Å². The van der Waals surface area contributed by atoms with Gasteiger partial charge in [0.1, 0.15) is 5.01 Å². The standard InChI is InChI=1S/C16H18BrN3O2S/c17-13-3-1-12(2-4-13)16(21)18-9-15-19-14(11-23-15)10-20-5-7-22-8-6-20/h1-4,11H,5-10H2,(H,18,21). The van der Waals surface area contributed by atoms with E-state index in [1.54, 1.807) is 23.5 Å². The topological polar surface area (TPSA) is 54.5 Å². The Bertz CT molecular complexity index is 654. The summed E-state index contributed by atoms with van der Waals surface area (Å²) in [6, 6.07) is 7.31. The SMILES string of the molecule is O=C(NCc1nc(CN2CCOCC2)cs1)c1ccc(Br)cc1. The predicted octanol–water partition coefficient (Wildman–Crippen LogP) is 2.67. The molecule has 1 amide bonds. The lowest BCUT2D eigenvalue weighted by molar-refractivity contribution is 0.0337. The Labute approximate surface area is 147 Å². The van der Waals surface area contributed by atoms with E-state index in [9.17, 15) is 4.79 Å². The molecule has 0 bridgehead atoms. The van der Waals surface area contributed by atoms with E-state index in [0.29, 0.717) is 12.1 Å². The molecule has 0 atom stereocenters. The number of carbonyl (C=O) groups excluding carboxylic acids is 1. The second kappa shape index (κ2) is 8.01. The number of amides is 1. The van der Waals surface area contributed by atoms with Gasteiger partial charge in [0, 0.05) is 35.1 Å². The minimum atomic E-state index is -0.0811. The van der Waals surface area contributed by atoms with Crippen LogP contribution in [0.4, 0.5) is 0 Å². The molecule has 2 heterocycles. The van der Waals surface area contributed by atoms with E-state index >= 15 is 0 Å². The molecule has 7 heteroatoms. The monoisotopic (exact) mass is 395 g/mol. The van der Waals surface area contributed by atoms with Crippen molar-refractivity contribution in [1.29, 1.82) is 0 Å². The molecular formula is C16H18BrN3O2S. The maximum Gasteiger partial charge on any atom is 0.251 e. The average molecular weight is 396 g/mol. The fraction of sp³-hybridized carbons (Fsp3) is 0.375. The Balaban J connectivity index is 1.50. The number of hydrogen-bond acceptors (Lipinski definition) is 5. The van der Waals surface area contributed by atoms with Crippen molar-refractivity contribution in [2.45, 2.75) is 13.1 Å². The van der Waals surface area contributed by atoms with Gasteiger partial charge in [-0.15, -0.1) is 11.3 Å². The highest BCUT2D eigenvalue weighted by Gasteiger charge is 2.13. The third-order valence-electron chi connectivity index (χ3n) is 3.60. The minimum absolute atomic E-state index is 0.0811. The van der Waals surface area contributed by atoms with Gasteiger partial charge in [-0.05, 0) is 24.3 Å². The van der Waals surface area contributed by atoms with E-state index in [1.165, 1.54) is 0 Å². The van der Waals surface area contributed by atoms with Crippen molar-refractivity contribution in [2.75, 3.05) is 26.3 Å². The van der Waals surface area contributed by atoms with Gasteiger partial charge in [0.2, 0.25) is 0 Å². The van der Waals surface area contributed by atoms with E-state index in [4.69, 9.17) is 4.74 Å². The van der Waals surface area contributed by atoms with Crippen LogP contribution in [-0.2, 0) is 17.8 Å². The molecule has 1 saturated heterocycles. The van der Waals surface area contributed by atoms with Crippen molar-refractivity contribution in [3.8, 4) is 0 Å². The van der Waals surface area contributed by atoms with Crippen LogP contribution in [0, 0.1) is 0 Å². The first kappa shape index (κ1) is 16.6. The van der Waals surface area contributed by atoms with Crippen molar-refractivity contribution >= 4 is 33.2 Å². The molecule has 1 aliphatic rings. The summed E-state index contributed by atoms with van der Waals surface area (Å²) in [5, 5.41) is 5.91. The summed E-state index contributed by atoms with van der Waals surface area (Å²) in [5.41, 5.74) is 1.71. The number of nitrogens with zero attached hydrogens (tertiary/aromatic N) is 2. The van der Waals surface area contributed by atoms with Crippen LogP contribution in [0.3, 0.4) is 0 Å². The van der Waals surface area contributed by atoms with Gasteiger partial charge in [0.15, 0.2) is 0 Å². The molecule has 1 aromatic carbocycles. The summed E-state index contributed by atoms with van der Waals surface area (Å²) in [6.07, 6.45) is 0. The Morgan fingerprint density at radius 3 is 2.78 bits per heavy atom. The lowest BCUT2D eigenvalue weighted by atomic mass is 10.2. The number of morpholine rings is 1. The third kappa shape index (κ3) is 4.84. The summed E-state index contributed by atoms with van der Waals surface area (Å²) in [6.45, 7) is 4.80. The molecule has 1 N–H and O–H groups in total. The molecule has 0 radical (unpaired) electrons. The van der Waals surface area contributed by atoms with Crippen LogP contribution in [0.25, 0.3) is 0 Å². The lowest BCUT2D eigenvalue weighted by Crippen LogP contribution is -2.35. The molecule has 0 aliphatic carbocycles. The predicted molar refractivity (Wildman–Crippen MR) is 93.5 cm³/mol. The van der Waals surface area contributed by atoms with Crippen molar-refractivity contribution in [3.05, 3.63) is 50.4 Å². The second-order valence-corrected chi connectivity index (χ2v) is 7.17. The molecule has 5 nitrogen and oxygen atoms in total. The zero-order valence-electron chi connectivity index (χ0n) is 12.6. The smallest absolute Gasteiger partial charge is 0.251 e. The van der Waals surface area contributed by atoms with Gasteiger partial charge >= 0.3 is 0 Å².